The molecular formula is C15H21NO. The van der Waals surface area contributed by atoms with Crippen molar-refractivity contribution in [1.29, 1.82) is 0 Å². The summed E-state index contributed by atoms with van der Waals surface area (Å²) in [4.78, 5) is 0. The third-order valence-electron chi connectivity index (χ3n) is 4.69. The van der Waals surface area contributed by atoms with Gasteiger partial charge in [0.25, 0.3) is 0 Å². The van der Waals surface area contributed by atoms with E-state index in [1.54, 1.807) is 7.11 Å². The van der Waals surface area contributed by atoms with E-state index in [2.05, 4.69) is 12.1 Å². The fraction of sp³-hybridized carbons (Fsp3) is 0.600. The Kier molecular flexibility index (Phi) is 2.62. The molecule has 2 N–H and O–H groups in total. The van der Waals surface area contributed by atoms with Gasteiger partial charge in [-0.25, -0.2) is 0 Å². The van der Waals surface area contributed by atoms with Crippen LogP contribution in [0.1, 0.15) is 42.4 Å². The second-order valence-electron chi connectivity index (χ2n) is 5.51. The molecule has 0 amide bonds. The van der Waals surface area contributed by atoms with Gasteiger partial charge in [-0.15, -0.1) is 0 Å². The maximum atomic E-state index is 6.01. The molecule has 3 rings (SSSR count). The molecule has 2 aliphatic rings. The van der Waals surface area contributed by atoms with Crippen LogP contribution in [0.15, 0.2) is 12.1 Å². The van der Waals surface area contributed by atoms with Crippen LogP contribution in [0.25, 0.3) is 0 Å². The normalized spacial score (nSPS) is 20.8. The Morgan fingerprint density at radius 1 is 1.18 bits per heavy atom. The third kappa shape index (κ3) is 1.58. The minimum Gasteiger partial charge on any atom is -0.496 e. The second kappa shape index (κ2) is 4.02. The number of hydrogen-bond acceptors (Lipinski definition) is 2. The summed E-state index contributed by atoms with van der Waals surface area (Å²) >= 11 is 0. The molecule has 1 aromatic rings. The molecule has 0 atom stereocenters. The van der Waals surface area contributed by atoms with Crippen molar-refractivity contribution in [3.05, 3.63) is 28.8 Å². The summed E-state index contributed by atoms with van der Waals surface area (Å²) < 4.78 is 5.60. The molecule has 0 unspecified atom stereocenters. The Hall–Kier alpha value is -1.02. The van der Waals surface area contributed by atoms with Gasteiger partial charge in [-0.3, -0.25) is 0 Å². The van der Waals surface area contributed by atoms with Gasteiger partial charge in [0.05, 0.1) is 7.11 Å². The number of ether oxygens (including phenoxy) is 1. The van der Waals surface area contributed by atoms with Crippen LogP contribution in [-0.4, -0.2) is 13.7 Å². The van der Waals surface area contributed by atoms with Crippen LogP contribution in [0.3, 0.4) is 0 Å². The van der Waals surface area contributed by atoms with Gasteiger partial charge in [0, 0.05) is 17.5 Å². The van der Waals surface area contributed by atoms with Crippen molar-refractivity contribution in [2.75, 3.05) is 13.7 Å². The number of nitrogens with two attached hydrogens (primary N) is 1. The highest BCUT2D eigenvalue weighted by atomic mass is 16.5. The first-order valence-electron chi connectivity index (χ1n) is 6.69. The highest BCUT2D eigenvalue weighted by Gasteiger charge is 2.40. The van der Waals surface area contributed by atoms with Gasteiger partial charge in [-0.05, 0) is 49.3 Å². The van der Waals surface area contributed by atoms with Crippen molar-refractivity contribution < 1.29 is 4.74 Å². The van der Waals surface area contributed by atoms with Crippen LogP contribution in [0.4, 0.5) is 0 Å². The SMILES string of the molecule is COc1cc2c(cc1C1(CN)CCC1)CCC2. The average molecular weight is 231 g/mol. The van der Waals surface area contributed by atoms with E-state index in [9.17, 15) is 0 Å². The fourth-order valence-electron chi connectivity index (χ4n) is 3.37. The lowest BCUT2D eigenvalue weighted by Gasteiger charge is -2.42. The summed E-state index contributed by atoms with van der Waals surface area (Å²) in [5.74, 6) is 1.07. The summed E-state index contributed by atoms with van der Waals surface area (Å²) in [6, 6.07) is 4.64. The van der Waals surface area contributed by atoms with E-state index in [0.29, 0.717) is 0 Å². The summed E-state index contributed by atoms with van der Waals surface area (Å²) in [7, 11) is 1.78. The molecule has 1 aromatic carbocycles. The van der Waals surface area contributed by atoms with Crippen molar-refractivity contribution in [2.45, 2.75) is 43.9 Å². The molecule has 0 bridgehead atoms. The van der Waals surface area contributed by atoms with Crippen LogP contribution in [0.2, 0.25) is 0 Å². The minimum absolute atomic E-state index is 0.211. The van der Waals surface area contributed by atoms with Crippen LogP contribution in [-0.2, 0) is 18.3 Å². The average Bonchev–Trinajstić information content (AvgIpc) is 2.74. The van der Waals surface area contributed by atoms with E-state index in [4.69, 9.17) is 10.5 Å². The third-order valence-corrected chi connectivity index (χ3v) is 4.69. The van der Waals surface area contributed by atoms with Crippen molar-refractivity contribution in [1.82, 2.24) is 0 Å². The predicted octanol–water partition coefficient (Wildman–Crippen LogP) is 2.56. The lowest BCUT2D eigenvalue weighted by atomic mass is 9.64. The molecular weight excluding hydrogens is 210 g/mol. The van der Waals surface area contributed by atoms with Crippen LogP contribution >= 0.6 is 0 Å². The number of rotatable bonds is 3. The Morgan fingerprint density at radius 3 is 2.41 bits per heavy atom. The molecule has 0 spiro atoms. The summed E-state index contributed by atoms with van der Waals surface area (Å²) in [6.45, 7) is 0.752. The smallest absolute Gasteiger partial charge is 0.122 e. The zero-order chi connectivity index (χ0) is 11.9. The highest BCUT2D eigenvalue weighted by molar-refractivity contribution is 5.49. The molecule has 1 fully saturated rings. The van der Waals surface area contributed by atoms with E-state index < -0.39 is 0 Å². The molecule has 2 aliphatic carbocycles. The van der Waals surface area contributed by atoms with Gasteiger partial charge in [0.15, 0.2) is 0 Å². The largest absolute Gasteiger partial charge is 0.496 e. The van der Waals surface area contributed by atoms with Gasteiger partial charge >= 0.3 is 0 Å². The molecule has 0 aromatic heterocycles. The van der Waals surface area contributed by atoms with Gasteiger partial charge in [0.2, 0.25) is 0 Å². The maximum Gasteiger partial charge on any atom is 0.122 e. The number of hydrogen-bond donors (Lipinski definition) is 1. The van der Waals surface area contributed by atoms with Crippen molar-refractivity contribution in [2.24, 2.45) is 5.73 Å². The predicted molar refractivity (Wildman–Crippen MR) is 69.6 cm³/mol. The maximum absolute atomic E-state index is 6.01. The number of methoxy groups -OCH3 is 1. The van der Waals surface area contributed by atoms with Crippen molar-refractivity contribution in [3.63, 3.8) is 0 Å². The summed E-state index contributed by atoms with van der Waals surface area (Å²) in [6.07, 6.45) is 7.47. The molecule has 92 valence electrons. The Balaban J connectivity index is 2.08. The van der Waals surface area contributed by atoms with Crippen molar-refractivity contribution >= 4 is 0 Å². The van der Waals surface area contributed by atoms with Crippen LogP contribution in [0, 0.1) is 0 Å². The zero-order valence-corrected chi connectivity index (χ0v) is 10.6. The topological polar surface area (TPSA) is 35.2 Å². The first-order valence-corrected chi connectivity index (χ1v) is 6.69. The lowest BCUT2D eigenvalue weighted by molar-refractivity contribution is 0.243. The lowest BCUT2D eigenvalue weighted by Crippen LogP contribution is -2.41. The van der Waals surface area contributed by atoms with E-state index in [-0.39, 0.29) is 5.41 Å². The minimum atomic E-state index is 0.211. The summed E-state index contributed by atoms with van der Waals surface area (Å²) in [5, 5.41) is 0. The van der Waals surface area contributed by atoms with Gasteiger partial charge in [-0.2, -0.15) is 0 Å². The molecule has 0 radical (unpaired) electrons. The van der Waals surface area contributed by atoms with Gasteiger partial charge < -0.3 is 10.5 Å². The first-order chi connectivity index (χ1) is 8.29. The monoisotopic (exact) mass is 231 g/mol. The molecule has 0 saturated heterocycles. The zero-order valence-electron chi connectivity index (χ0n) is 10.6. The molecule has 0 aliphatic heterocycles. The number of aryl methyl sites for hydroxylation is 2. The Morgan fingerprint density at radius 2 is 1.88 bits per heavy atom. The van der Waals surface area contributed by atoms with E-state index >= 15 is 0 Å². The van der Waals surface area contributed by atoms with E-state index in [1.165, 1.54) is 55.2 Å². The standard InChI is InChI=1S/C15H21NO/c1-17-14-9-12-5-2-4-11(12)8-13(14)15(10-16)6-3-7-15/h8-9H,2-7,10,16H2,1H3. The Labute approximate surface area is 103 Å². The second-order valence-corrected chi connectivity index (χ2v) is 5.51. The van der Waals surface area contributed by atoms with E-state index in [0.717, 1.165) is 12.3 Å². The van der Waals surface area contributed by atoms with Gasteiger partial charge in [-0.1, -0.05) is 12.5 Å². The van der Waals surface area contributed by atoms with Crippen LogP contribution < -0.4 is 10.5 Å². The quantitative estimate of drug-likeness (QED) is 0.867. The number of fused-ring (bicyclic) bond motifs is 1. The molecule has 0 heterocycles. The molecule has 1 saturated carbocycles. The Bertz CT molecular complexity index is 429. The fourth-order valence-corrected chi connectivity index (χ4v) is 3.37. The number of benzene rings is 1. The van der Waals surface area contributed by atoms with E-state index in [1.807, 2.05) is 0 Å². The van der Waals surface area contributed by atoms with Crippen molar-refractivity contribution in [3.8, 4) is 5.75 Å². The molecule has 2 heteroatoms. The molecule has 2 nitrogen and oxygen atoms in total. The summed E-state index contributed by atoms with van der Waals surface area (Å²) in [5.41, 5.74) is 10.6. The highest BCUT2D eigenvalue weighted by Crippen LogP contribution is 2.47. The van der Waals surface area contributed by atoms with Crippen LogP contribution in [0.5, 0.6) is 5.75 Å². The first kappa shape index (κ1) is 11.1. The van der Waals surface area contributed by atoms with Gasteiger partial charge in [0.1, 0.15) is 5.75 Å². The molecule has 17 heavy (non-hydrogen) atoms.